The van der Waals surface area contributed by atoms with E-state index < -0.39 is 9.84 Å². The Balaban J connectivity index is 3.15. The van der Waals surface area contributed by atoms with Gasteiger partial charge in [-0.2, -0.15) is 0 Å². The van der Waals surface area contributed by atoms with Gasteiger partial charge in [-0.3, -0.25) is 0 Å². The van der Waals surface area contributed by atoms with Gasteiger partial charge in [-0.25, -0.2) is 8.42 Å². The van der Waals surface area contributed by atoms with Gasteiger partial charge in [0, 0.05) is 19.6 Å². The normalized spacial score (nSPS) is 11.6. The summed E-state index contributed by atoms with van der Waals surface area (Å²) < 4.78 is 24.8. The average molecular weight is 298 g/mol. The van der Waals surface area contributed by atoms with E-state index in [4.69, 9.17) is 5.73 Å². The fourth-order valence-electron chi connectivity index (χ4n) is 2.22. The number of nitrogens with zero attached hydrogens (tertiary/aromatic N) is 1. The molecule has 2 N–H and O–H groups in total. The molecule has 0 aliphatic carbocycles. The van der Waals surface area contributed by atoms with E-state index in [1.165, 1.54) is 0 Å². The zero-order chi connectivity index (χ0) is 15.0. The summed E-state index contributed by atoms with van der Waals surface area (Å²) in [6, 6.07) is 7.26. The first kappa shape index (κ1) is 17.0. The number of anilines is 1. The van der Waals surface area contributed by atoms with Gasteiger partial charge in [0.05, 0.1) is 16.3 Å². The zero-order valence-electron chi connectivity index (χ0n) is 12.5. The van der Waals surface area contributed by atoms with Crippen LogP contribution >= 0.6 is 0 Å². The molecule has 114 valence electrons. The van der Waals surface area contributed by atoms with Gasteiger partial charge < -0.3 is 10.6 Å². The molecular weight excluding hydrogens is 272 g/mol. The van der Waals surface area contributed by atoms with Crippen LogP contribution in [0.4, 0.5) is 5.69 Å². The Morgan fingerprint density at radius 2 is 1.80 bits per heavy atom. The summed E-state index contributed by atoms with van der Waals surface area (Å²) in [5.41, 5.74) is 6.46. The number of hydrogen-bond acceptors (Lipinski definition) is 4. The van der Waals surface area contributed by atoms with E-state index in [0.717, 1.165) is 25.1 Å². The molecular formula is C15H26N2O2S. The summed E-state index contributed by atoms with van der Waals surface area (Å²) >= 11 is 0. The Bertz CT molecular complexity index is 500. The Kier molecular flexibility index (Phi) is 7.02. The summed E-state index contributed by atoms with van der Waals surface area (Å²) in [5.74, 6) is 0.189. The van der Waals surface area contributed by atoms with Crippen LogP contribution in [0.2, 0.25) is 0 Å². The molecule has 5 heteroatoms. The standard InChI is InChI=1S/C15H26N2O2S/c1-3-5-11-17(12-10-16)14-8-6-7-9-15(14)20(18,19)13-4-2/h6-9H,3-5,10-13,16H2,1-2H3. The molecule has 0 heterocycles. The van der Waals surface area contributed by atoms with Gasteiger partial charge in [-0.05, 0) is 25.0 Å². The molecule has 0 bridgehead atoms. The quantitative estimate of drug-likeness (QED) is 0.760. The number of hydrogen-bond donors (Lipinski definition) is 1. The molecule has 0 radical (unpaired) electrons. The smallest absolute Gasteiger partial charge is 0.180 e. The van der Waals surface area contributed by atoms with E-state index in [-0.39, 0.29) is 5.75 Å². The highest BCUT2D eigenvalue weighted by Crippen LogP contribution is 2.26. The van der Waals surface area contributed by atoms with E-state index in [0.29, 0.717) is 24.4 Å². The lowest BCUT2D eigenvalue weighted by Crippen LogP contribution is -2.31. The molecule has 0 saturated heterocycles. The summed E-state index contributed by atoms with van der Waals surface area (Å²) in [6.45, 7) is 6.05. The minimum atomic E-state index is -3.21. The fraction of sp³-hybridized carbons (Fsp3) is 0.600. The minimum absolute atomic E-state index is 0.189. The highest BCUT2D eigenvalue weighted by Gasteiger charge is 2.20. The molecule has 0 spiro atoms. The highest BCUT2D eigenvalue weighted by atomic mass is 32.2. The van der Waals surface area contributed by atoms with E-state index in [9.17, 15) is 8.42 Å². The van der Waals surface area contributed by atoms with Gasteiger partial charge in [-0.15, -0.1) is 0 Å². The van der Waals surface area contributed by atoms with Crippen molar-refractivity contribution in [1.82, 2.24) is 0 Å². The van der Waals surface area contributed by atoms with Crippen molar-refractivity contribution in [3.05, 3.63) is 24.3 Å². The maximum atomic E-state index is 12.4. The van der Waals surface area contributed by atoms with Gasteiger partial charge in [0.1, 0.15) is 0 Å². The average Bonchev–Trinajstić information content (AvgIpc) is 2.43. The van der Waals surface area contributed by atoms with E-state index in [1.807, 2.05) is 19.1 Å². The summed E-state index contributed by atoms with van der Waals surface area (Å²) in [7, 11) is -3.21. The van der Waals surface area contributed by atoms with E-state index >= 15 is 0 Å². The Hall–Kier alpha value is -1.07. The predicted octanol–water partition coefficient (Wildman–Crippen LogP) is 2.44. The summed E-state index contributed by atoms with van der Waals surface area (Å²) in [6.07, 6.45) is 2.73. The van der Waals surface area contributed by atoms with Crippen molar-refractivity contribution in [1.29, 1.82) is 0 Å². The van der Waals surface area contributed by atoms with Crippen LogP contribution in [-0.2, 0) is 9.84 Å². The minimum Gasteiger partial charge on any atom is -0.369 e. The third-order valence-corrected chi connectivity index (χ3v) is 5.16. The van der Waals surface area contributed by atoms with Crippen LogP contribution in [0.25, 0.3) is 0 Å². The number of benzene rings is 1. The first-order valence-electron chi connectivity index (χ1n) is 7.33. The molecule has 0 aliphatic rings. The molecule has 0 fully saturated rings. The van der Waals surface area contributed by atoms with Crippen molar-refractivity contribution in [3.8, 4) is 0 Å². The largest absolute Gasteiger partial charge is 0.369 e. The molecule has 1 rings (SSSR count). The maximum absolute atomic E-state index is 12.4. The summed E-state index contributed by atoms with van der Waals surface area (Å²) in [5, 5.41) is 0. The second kappa shape index (κ2) is 8.27. The van der Waals surface area contributed by atoms with Crippen molar-refractivity contribution in [2.45, 2.75) is 38.0 Å². The lowest BCUT2D eigenvalue weighted by atomic mass is 10.2. The Labute approximate surface area is 122 Å². The van der Waals surface area contributed by atoms with Crippen molar-refractivity contribution >= 4 is 15.5 Å². The van der Waals surface area contributed by atoms with Gasteiger partial charge >= 0.3 is 0 Å². The lowest BCUT2D eigenvalue weighted by Gasteiger charge is -2.26. The van der Waals surface area contributed by atoms with Crippen molar-refractivity contribution in [2.75, 3.05) is 30.3 Å². The van der Waals surface area contributed by atoms with E-state index in [1.54, 1.807) is 12.1 Å². The molecule has 20 heavy (non-hydrogen) atoms. The molecule has 0 aromatic heterocycles. The Morgan fingerprint density at radius 1 is 1.10 bits per heavy atom. The third-order valence-electron chi connectivity index (χ3n) is 3.19. The summed E-state index contributed by atoms with van der Waals surface area (Å²) in [4.78, 5) is 2.53. The molecule has 4 nitrogen and oxygen atoms in total. The molecule has 1 aromatic carbocycles. The Morgan fingerprint density at radius 3 is 2.40 bits per heavy atom. The molecule has 1 aromatic rings. The van der Waals surface area contributed by atoms with Crippen LogP contribution in [-0.4, -0.2) is 33.8 Å². The maximum Gasteiger partial charge on any atom is 0.180 e. The van der Waals surface area contributed by atoms with Crippen molar-refractivity contribution in [2.24, 2.45) is 5.73 Å². The van der Waals surface area contributed by atoms with Crippen LogP contribution < -0.4 is 10.6 Å². The van der Waals surface area contributed by atoms with Crippen LogP contribution in [0.5, 0.6) is 0 Å². The molecule has 0 amide bonds. The fourth-order valence-corrected chi connectivity index (χ4v) is 3.78. The van der Waals surface area contributed by atoms with Crippen LogP contribution in [0.1, 0.15) is 33.1 Å². The van der Waals surface area contributed by atoms with Crippen molar-refractivity contribution in [3.63, 3.8) is 0 Å². The van der Waals surface area contributed by atoms with Gasteiger partial charge in [0.2, 0.25) is 0 Å². The number of unbranched alkanes of at least 4 members (excludes halogenated alkanes) is 1. The SMILES string of the molecule is CCCCN(CCN)c1ccccc1S(=O)(=O)CCC. The second-order valence-corrected chi connectivity index (χ2v) is 6.99. The first-order chi connectivity index (χ1) is 9.56. The van der Waals surface area contributed by atoms with Gasteiger partial charge in [0.25, 0.3) is 0 Å². The second-order valence-electron chi connectivity index (χ2n) is 4.92. The molecule has 0 unspecified atom stereocenters. The van der Waals surface area contributed by atoms with Gasteiger partial charge in [-0.1, -0.05) is 32.4 Å². The molecule has 0 aliphatic heterocycles. The van der Waals surface area contributed by atoms with Crippen LogP contribution in [0.3, 0.4) is 0 Å². The predicted molar refractivity (Wildman–Crippen MR) is 85.0 cm³/mol. The lowest BCUT2D eigenvalue weighted by molar-refractivity contribution is 0.594. The number of nitrogens with two attached hydrogens (primary N) is 1. The molecule has 0 atom stereocenters. The van der Waals surface area contributed by atoms with Crippen LogP contribution in [0.15, 0.2) is 29.2 Å². The number of sulfone groups is 1. The monoisotopic (exact) mass is 298 g/mol. The van der Waals surface area contributed by atoms with Crippen LogP contribution in [0, 0.1) is 0 Å². The number of para-hydroxylation sites is 1. The number of rotatable bonds is 9. The van der Waals surface area contributed by atoms with Crippen molar-refractivity contribution < 1.29 is 8.42 Å². The first-order valence-corrected chi connectivity index (χ1v) is 8.98. The highest BCUT2D eigenvalue weighted by molar-refractivity contribution is 7.91. The molecule has 0 saturated carbocycles. The van der Waals surface area contributed by atoms with E-state index in [2.05, 4.69) is 11.8 Å². The topological polar surface area (TPSA) is 63.4 Å². The van der Waals surface area contributed by atoms with Gasteiger partial charge in [0.15, 0.2) is 9.84 Å². The zero-order valence-corrected chi connectivity index (χ0v) is 13.3. The third kappa shape index (κ3) is 4.49.